The van der Waals surface area contributed by atoms with Crippen LogP contribution in [0.2, 0.25) is 0 Å². The van der Waals surface area contributed by atoms with Gasteiger partial charge in [-0.3, -0.25) is 14.9 Å². The summed E-state index contributed by atoms with van der Waals surface area (Å²) in [5, 5.41) is 4.83. The van der Waals surface area contributed by atoms with Crippen molar-refractivity contribution in [1.82, 2.24) is 15.3 Å². The molecule has 92 valence electrons. The number of nitrogens with one attached hydrogen (secondary N) is 2. The topological polar surface area (TPSA) is 84.0 Å². The van der Waals surface area contributed by atoms with Crippen LogP contribution in [0.15, 0.2) is 18.5 Å². The van der Waals surface area contributed by atoms with Gasteiger partial charge in [-0.15, -0.1) is 0 Å². The van der Waals surface area contributed by atoms with Crippen molar-refractivity contribution in [2.45, 2.75) is 20.3 Å². The van der Waals surface area contributed by atoms with E-state index in [2.05, 4.69) is 20.6 Å². The third-order valence-corrected chi connectivity index (χ3v) is 2.00. The number of hydrogen-bond donors (Lipinski definition) is 2. The van der Waals surface area contributed by atoms with Gasteiger partial charge in [0, 0.05) is 18.9 Å². The van der Waals surface area contributed by atoms with Crippen molar-refractivity contribution < 1.29 is 9.59 Å². The van der Waals surface area contributed by atoms with Crippen molar-refractivity contribution in [3.8, 4) is 0 Å². The Hall–Kier alpha value is -1.98. The lowest BCUT2D eigenvalue weighted by molar-refractivity contribution is -0.136. The zero-order valence-electron chi connectivity index (χ0n) is 9.93. The zero-order chi connectivity index (χ0) is 12.7. The van der Waals surface area contributed by atoms with Gasteiger partial charge >= 0.3 is 11.8 Å². The smallest absolute Gasteiger partial charge is 0.316 e. The second-order valence-corrected chi connectivity index (χ2v) is 3.96. The van der Waals surface area contributed by atoms with Gasteiger partial charge in [0.15, 0.2) is 0 Å². The molecule has 0 aliphatic carbocycles. The SMILES string of the molecule is CC(C)CCNC(=O)C(=O)Nc1ncccn1. The van der Waals surface area contributed by atoms with Gasteiger partial charge in [0.2, 0.25) is 5.95 Å². The molecule has 1 aromatic rings. The molecule has 0 spiro atoms. The summed E-state index contributed by atoms with van der Waals surface area (Å²) in [6.45, 7) is 4.58. The first kappa shape index (κ1) is 13.1. The third kappa shape index (κ3) is 5.05. The van der Waals surface area contributed by atoms with Gasteiger partial charge in [-0.05, 0) is 18.4 Å². The average molecular weight is 236 g/mol. The minimum absolute atomic E-state index is 0.122. The normalized spacial score (nSPS) is 10.1. The minimum atomic E-state index is -0.750. The van der Waals surface area contributed by atoms with Crippen LogP contribution in [0.25, 0.3) is 0 Å². The second-order valence-electron chi connectivity index (χ2n) is 3.96. The highest BCUT2D eigenvalue weighted by Crippen LogP contribution is 1.97. The Morgan fingerprint density at radius 1 is 1.24 bits per heavy atom. The van der Waals surface area contributed by atoms with Crippen molar-refractivity contribution in [2.24, 2.45) is 5.92 Å². The summed E-state index contributed by atoms with van der Waals surface area (Å²) in [4.78, 5) is 30.3. The van der Waals surface area contributed by atoms with E-state index in [-0.39, 0.29) is 5.95 Å². The summed E-state index contributed by atoms with van der Waals surface area (Å²) in [5.74, 6) is -0.814. The van der Waals surface area contributed by atoms with Crippen LogP contribution in [0.3, 0.4) is 0 Å². The van der Waals surface area contributed by atoms with Crippen LogP contribution in [0.1, 0.15) is 20.3 Å². The van der Waals surface area contributed by atoms with Crippen molar-refractivity contribution in [1.29, 1.82) is 0 Å². The lowest BCUT2D eigenvalue weighted by Gasteiger charge is -2.06. The predicted octanol–water partition coefficient (Wildman–Crippen LogP) is 0.577. The van der Waals surface area contributed by atoms with Gasteiger partial charge in [0.05, 0.1) is 0 Å². The fourth-order valence-electron chi connectivity index (χ4n) is 1.08. The molecule has 0 saturated carbocycles. The van der Waals surface area contributed by atoms with Gasteiger partial charge in [0.25, 0.3) is 0 Å². The number of carbonyl (C=O) groups excluding carboxylic acids is 2. The van der Waals surface area contributed by atoms with Crippen LogP contribution in [-0.2, 0) is 9.59 Å². The second kappa shape index (κ2) is 6.57. The van der Waals surface area contributed by atoms with Gasteiger partial charge in [-0.1, -0.05) is 13.8 Å². The number of hydrogen-bond acceptors (Lipinski definition) is 4. The quantitative estimate of drug-likeness (QED) is 0.749. The number of amides is 2. The molecule has 0 atom stereocenters. The molecular formula is C11H16N4O2. The van der Waals surface area contributed by atoms with Crippen molar-refractivity contribution in [2.75, 3.05) is 11.9 Å². The summed E-state index contributed by atoms with van der Waals surface area (Å²) >= 11 is 0. The Bertz CT molecular complexity index is 378. The summed E-state index contributed by atoms with van der Waals surface area (Å²) in [7, 11) is 0. The highest BCUT2D eigenvalue weighted by molar-refractivity contribution is 6.39. The Labute approximate surface area is 99.8 Å². The molecule has 1 heterocycles. The maximum atomic E-state index is 11.4. The van der Waals surface area contributed by atoms with Crippen LogP contribution < -0.4 is 10.6 Å². The number of nitrogens with zero attached hydrogens (tertiary/aromatic N) is 2. The molecule has 6 heteroatoms. The molecule has 0 aliphatic heterocycles. The molecule has 0 aliphatic rings. The molecule has 17 heavy (non-hydrogen) atoms. The van der Waals surface area contributed by atoms with Crippen LogP contribution in [0.5, 0.6) is 0 Å². The largest absolute Gasteiger partial charge is 0.348 e. The van der Waals surface area contributed by atoms with Crippen molar-refractivity contribution >= 4 is 17.8 Å². The molecule has 0 fully saturated rings. The molecule has 2 N–H and O–H groups in total. The molecule has 1 rings (SSSR count). The monoisotopic (exact) mass is 236 g/mol. The van der Waals surface area contributed by atoms with E-state index in [9.17, 15) is 9.59 Å². The van der Waals surface area contributed by atoms with E-state index in [0.29, 0.717) is 12.5 Å². The Morgan fingerprint density at radius 3 is 2.47 bits per heavy atom. The molecule has 0 saturated heterocycles. The highest BCUT2D eigenvalue weighted by Gasteiger charge is 2.13. The molecule has 0 radical (unpaired) electrons. The van der Waals surface area contributed by atoms with E-state index < -0.39 is 11.8 Å². The number of aromatic nitrogens is 2. The van der Waals surface area contributed by atoms with Crippen molar-refractivity contribution in [3.05, 3.63) is 18.5 Å². The molecule has 0 aromatic carbocycles. The minimum Gasteiger partial charge on any atom is -0.348 e. The van der Waals surface area contributed by atoms with E-state index in [0.717, 1.165) is 6.42 Å². The van der Waals surface area contributed by atoms with E-state index in [1.807, 2.05) is 13.8 Å². The number of rotatable bonds is 4. The molecule has 2 amide bonds. The number of anilines is 1. The van der Waals surface area contributed by atoms with Gasteiger partial charge in [-0.2, -0.15) is 0 Å². The Kier molecular flexibility index (Phi) is 5.06. The highest BCUT2D eigenvalue weighted by atomic mass is 16.2. The first-order valence-corrected chi connectivity index (χ1v) is 5.46. The first-order valence-electron chi connectivity index (χ1n) is 5.46. The van der Waals surface area contributed by atoms with Gasteiger partial charge < -0.3 is 5.32 Å². The first-order chi connectivity index (χ1) is 8.09. The third-order valence-electron chi connectivity index (χ3n) is 2.00. The van der Waals surface area contributed by atoms with E-state index in [1.165, 1.54) is 12.4 Å². The Balaban J connectivity index is 2.35. The summed E-state index contributed by atoms with van der Waals surface area (Å²) < 4.78 is 0. The van der Waals surface area contributed by atoms with Crippen molar-refractivity contribution in [3.63, 3.8) is 0 Å². The van der Waals surface area contributed by atoms with Crippen LogP contribution in [0, 0.1) is 5.92 Å². The standard InChI is InChI=1S/C11H16N4O2/c1-8(2)4-7-12-9(16)10(17)15-11-13-5-3-6-14-11/h3,5-6,8H,4,7H2,1-2H3,(H,12,16)(H,13,14,15,17). The molecular weight excluding hydrogens is 220 g/mol. The maximum absolute atomic E-state index is 11.4. The fraction of sp³-hybridized carbons (Fsp3) is 0.455. The van der Waals surface area contributed by atoms with Gasteiger partial charge in [-0.25, -0.2) is 9.97 Å². The molecule has 6 nitrogen and oxygen atoms in total. The van der Waals surface area contributed by atoms with Gasteiger partial charge in [0.1, 0.15) is 0 Å². The number of carbonyl (C=O) groups is 2. The summed E-state index contributed by atoms with van der Waals surface area (Å²) in [6, 6.07) is 1.62. The Morgan fingerprint density at radius 2 is 1.88 bits per heavy atom. The fourth-order valence-corrected chi connectivity index (χ4v) is 1.08. The maximum Gasteiger partial charge on any atom is 0.316 e. The van der Waals surface area contributed by atoms with E-state index >= 15 is 0 Å². The van der Waals surface area contributed by atoms with Crippen LogP contribution in [0.4, 0.5) is 5.95 Å². The van der Waals surface area contributed by atoms with Crippen LogP contribution in [-0.4, -0.2) is 28.3 Å². The van der Waals surface area contributed by atoms with E-state index in [4.69, 9.17) is 0 Å². The predicted molar refractivity (Wildman–Crippen MR) is 63.1 cm³/mol. The average Bonchev–Trinajstić information content (AvgIpc) is 2.29. The van der Waals surface area contributed by atoms with Crippen LogP contribution >= 0.6 is 0 Å². The molecule has 0 unspecified atom stereocenters. The lowest BCUT2D eigenvalue weighted by Crippen LogP contribution is -2.36. The van der Waals surface area contributed by atoms with E-state index in [1.54, 1.807) is 6.07 Å². The lowest BCUT2D eigenvalue weighted by atomic mass is 10.1. The zero-order valence-corrected chi connectivity index (χ0v) is 9.93. The molecule has 0 bridgehead atoms. The summed E-state index contributed by atoms with van der Waals surface area (Å²) in [5.41, 5.74) is 0. The molecule has 1 aromatic heterocycles. The summed E-state index contributed by atoms with van der Waals surface area (Å²) in [6.07, 6.45) is 3.80.